The van der Waals surface area contributed by atoms with E-state index in [1.807, 2.05) is 0 Å². The number of aliphatic hydroxyl groups is 1. The van der Waals surface area contributed by atoms with E-state index in [-0.39, 0.29) is 12.6 Å². The SMILES string of the molecule is CC(C)(C)C1CCN(CC(N)CO)CC1. The topological polar surface area (TPSA) is 49.5 Å². The molecule has 3 nitrogen and oxygen atoms in total. The molecule has 1 saturated heterocycles. The summed E-state index contributed by atoms with van der Waals surface area (Å²) in [5.41, 5.74) is 6.17. The highest BCUT2D eigenvalue weighted by Crippen LogP contribution is 2.34. The second kappa shape index (κ2) is 5.28. The van der Waals surface area contributed by atoms with E-state index in [0.29, 0.717) is 5.41 Å². The number of nitrogens with zero attached hydrogens (tertiary/aromatic N) is 1. The van der Waals surface area contributed by atoms with E-state index in [0.717, 1.165) is 25.6 Å². The van der Waals surface area contributed by atoms with Crippen molar-refractivity contribution in [3.8, 4) is 0 Å². The van der Waals surface area contributed by atoms with Crippen molar-refractivity contribution in [2.45, 2.75) is 39.7 Å². The molecule has 1 fully saturated rings. The van der Waals surface area contributed by atoms with Crippen molar-refractivity contribution >= 4 is 0 Å². The third-order valence-electron chi connectivity index (χ3n) is 3.54. The minimum Gasteiger partial charge on any atom is -0.395 e. The minimum absolute atomic E-state index is 0.0730. The van der Waals surface area contributed by atoms with Gasteiger partial charge in [0.25, 0.3) is 0 Å². The molecule has 0 amide bonds. The second-order valence-corrected chi connectivity index (χ2v) is 5.88. The lowest BCUT2D eigenvalue weighted by Crippen LogP contribution is -2.45. The van der Waals surface area contributed by atoms with Crippen LogP contribution in [0.25, 0.3) is 0 Å². The van der Waals surface area contributed by atoms with Crippen molar-refractivity contribution in [2.75, 3.05) is 26.2 Å². The maximum Gasteiger partial charge on any atom is 0.0595 e. The molecule has 0 saturated carbocycles. The normalized spacial score (nSPS) is 23.0. The van der Waals surface area contributed by atoms with E-state index in [2.05, 4.69) is 25.7 Å². The van der Waals surface area contributed by atoms with Crippen LogP contribution >= 0.6 is 0 Å². The van der Waals surface area contributed by atoms with Gasteiger partial charge in [0.1, 0.15) is 0 Å². The quantitative estimate of drug-likeness (QED) is 0.738. The first-order chi connectivity index (χ1) is 6.93. The summed E-state index contributed by atoms with van der Waals surface area (Å²) in [6.45, 7) is 10.2. The van der Waals surface area contributed by atoms with Gasteiger partial charge in [-0.1, -0.05) is 20.8 Å². The van der Waals surface area contributed by atoms with Gasteiger partial charge in [-0.3, -0.25) is 0 Å². The van der Waals surface area contributed by atoms with E-state index >= 15 is 0 Å². The summed E-state index contributed by atoms with van der Waals surface area (Å²) in [6.07, 6.45) is 2.53. The van der Waals surface area contributed by atoms with Gasteiger partial charge in [0, 0.05) is 12.6 Å². The average molecular weight is 214 g/mol. The molecule has 1 aliphatic rings. The molecule has 1 heterocycles. The largest absolute Gasteiger partial charge is 0.395 e. The highest BCUT2D eigenvalue weighted by Gasteiger charge is 2.28. The fourth-order valence-electron chi connectivity index (χ4n) is 2.37. The monoisotopic (exact) mass is 214 g/mol. The second-order valence-electron chi connectivity index (χ2n) is 5.88. The Morgan fingerprint density at radius 1 is 1.33 bits per heavy atom. The molecule has 1 rings (SSSR count). The molecule has 0 aliphatic carbocycles. The molecule has 1 aliphatic heterocycles. The first-order valence-corrected chi connectivity index (χ1v) is 6.02. The van der Waals surface area contributed by atoms with Crippen molar-refractivity contribution in [1.82, 2.24) is 4.90 Å². The van der Waals surface area contributed by atoms with E-state index in [4.69, 9.17) is 10.8 Å². The van der Waals surface area contributed by atoms with Crippen LogP contribution in [-0.2, 0) is 0 Å². The molecule has 15 heavy (non-hydrogen) atoms. The lowest BCUT2D eigenvalue weighted by Gasteiger charge is -2.39. The molecule has 0 bridgehead atoms. The molecule has 90 valence electrons. The van der Waals surface area contributed by atoms with Crippen molar-refractivity contribution in [2.24, 2.45) is 17.1 Å². The van der Waals surface area contributed by atoms with E-state index in [1.54, 1.807) is 0 Å². The molecule has 3 N–H and O–H groups in total. The zero-order chi connectivity index (χ0) is 11.5. The number of likely N-dealkylation sites (tertiary alicyclic amines) is 1. The highest BCUT2D eigenvalue weighted by molar-refractivity contribution is 4.81. The molecule has 0 spiro atoms. The van der Waals surface area contributed by atoms with Gasteiger partial charge >= 0.3 is 0 Å². The summed E-state index contributed by atoms with van der Waals surface area (Å²) in [6, 6.07) is -0.0730. The lowest BCUT2D eigenvalue weighted by molar-refractivity contribution is 0.101. The zero-order valence-corrected chi connectivity index (χ0v) is 10.4. The molecule has 0 aromatic rings. The predicted molar refractivity (Wildman–Crippen MR) is 63.7 cm³/mol. The molecule has 1 unspecified atom stereocenters. The summed E-state index contributed by atoms with van der Waals surface area (Å²) < 4.78 is 0. The zero-order valence-electron chi connectivity index (χ0n) is 10.4. The van der Waals surface area contributed by atoms with Crippen LogP contribution in [0.1, 0.15) is 33.6 Å². The Morgan fingerprint density at radius 3 is 2.27 bits per heavy atom. The van der Waals surface area contributed by atoms with E-state index < -0.39 is 0 Å². The van der Waals surface area contributed by atoms with Crippen molar-refractivity contribution in [1.29, 1.82) is 0 Å². The maximum absolute atomic E-state index is 8.90. The smallest absolute Gasteiger partial charge is 0.0595 e. The van der Waals surface area contributed by atoms with Crippen molar-refractivity contribution in [3.63, 3.8) is 0 Å². The fraction of sp³-hybridized carbons (Fsp3) is 1.00. The Bertz CT molecular complexity index is 181. The summed E-state index contributed by atoms with van der Waals surface area (Å²) >= 11 is 0. The summed E-state index contributed by atoms with van der Waals surface area (Å²) in [5, 5.41) is 8.90. The maximum atomic E-state index is 8.90. The molecular weight excluding hydrogens is 188 g/mol. The Morgan fingerprint density at radius 2 is 1.87 bits per heavy atom. The third-order valence-corrected chi connectivity index (χ3v) is 3.54. The van der Waals surface area contributed by atoms with Crippen molar-refractivity contribution in [3.05, 3.63) is 0 Å². The summed E-state index contributed by atoms with van der Waals surface area (Å²) in [5.74, 6) is 0.833. The summed E-state index contributed by atoms with van der Waals surface area (Å²) in [7, 11) is 0. The van der Waals surface area contributed by atoms with Crippen LogP contribution < -0.4 is 5.73 Å². The highest BCUT2D eigenvalue weighted by atomic mass is 16.3. The molecule has 3 heteroatoms. The Hall–Kier alpha value is -0.120. The first-order valence-electron chi connectivity index (χ1n) is 6.02. The van der Waals surface area contributed by atoms with Crippen LogP contribution in [0.2, 0.25) is 0 Å². The molecule has 1 atom stereocenters. The molecular formula is C12H26N2O. The number of hydrogen-bond acceptors (Lipinski definition) is 3. The van der Waals surface area contributed by atoms with Crippen LogP contribution in [-0.4, -0.2) is 42.3 Å². The van der Waals surface area contributed by atoms with Crippen LogP contribution in [0.15, 0.2) is 0 Å². The predicted octanol–water partition coefficient (Wildman–Crippen LogP) is 1.06. The fourth-order valence-corrected chi connectivity index (χ4v) is 2.37. The number of nitrogens with two attached hydrogens (primary N) is 1. The van der Waals surface area contributed by atoms with E-state index in [1.165, 1.54) is 12.8 Å². The van der Waals surface area contributed by atoms with Crippen LogP contribution in [0.5, 0.6) is 0 Å². The van der Waals surface area contributed by atoms with Gasteiger partial charge in [-0.25, -0.2) is 0 Å². The molecule has 0 aromatic carbocycles. The van der Waals surface area contributed by atoms with Gasteiger partial charge in [-0.05, 0) is 37.3 Å². The van der Waals surface area contributed by atoms with Gasteiger partial charge < -0.3 is 15.7 Å². The third kappa shape index (κ3) is 4.09. The molecule has 0 radical (unpaired) electrons. The molecule has 0 aromatic heterocycles. The van der Waals surface area contributed by atoms with Gasteiger partial charge in [-0.2, -0.15) is 0 Å². The Kier molecular flexibility index (Phi) is 4.56. The van der Waals surface area contributed by atoms with E-state index in [9.17, 15) is 0 Å². The van der Waals surface area contributed by atoms with Gasteiger partial charge in [0.05, 0.1) is 6.61 Å². The standard InChI is InChI=1S/C12H26N2O/c1-12(2,3)10-4-6-14(7-5-10)8-11(13)9-15/h10-11,15H,4-9,13H2,1-3H3. The number of piperidine rings is 1. The number of hydrogen-bond donors (Lipinski definition) is 2. The summed E-state index contributed by atoms with van der Waals surface area (Å²) in [4.78, 5) is 2.38. The Labute approximate surface area is 93.6 Å². The minimum atomic E-state index is -0.0730. The van der Waals surface area contributed by atoms with Crippen LogP contribution in [0.3, 0.4) is 0 Å². The number of rotatable bonds is 3. The van der Waals surface area contributed by atoms with Crippen molar-refractivity contribution < 1.29 is 5.11 Å². The van der Waals surface area contributed by atoms with Crippen LogP contribution in [0.4, 0.5) is 0 Å². The van der Waals surface area contributed by atoms with Gasteiger partial charge in [-0.15, -0.1) is 0 Å². The lowest BCUT2D eigenvalue weighted by atomic mass is 9.75. The average Bonchev–Trinajstić information content (AvgIpc) is 2.17. The Balaban J connectivity index is 2.30. The first kappa shape index (κ1) is 12.9. The van der Waals surface area contributed by atoms with Crippen LogP contribution in [0, 0.1) is 11.3 Å². The van der Waals surface area contributed by atoms with Gasteiger partial charge in [0.2, 0.25) is 0 Å². The van der Waals surface area contributed by atoms with Gasteiger partial charge in [0.15, 0.2) is 0 Å². The number of aliphatic hydroxyl groups excluding tert-OH is 1.